The third-order valence-electron chi connectivity index (χ3n) is 7.63. The van der Waals surface area contributed by atoms with Crippen molar-refractivity contribution in [1.82, 2.24) is 5.32 Å². The van der Waals surface area contributed by atoms with E-state index in [4.69, 9.17) is 14.2 Å². The van der Waals surface area contributed by atoms with Crippen molar-refractivity contribution in [1.29, 1.82) is 0 Å². The number of amides is 1. The first kappa shape index (κ1) is 22.6. The van der Waals surface area contributed by atoms with E-state index >= 15 is 0 Å². The third kappa shape index (κ3) is 3.99. The molecule has 1 fully saturated rings. The van der Waals surface area contributed by atoms with Gasteiger partial charge in [0.05, 0.1) is 38.6 Å². The smallest absolute Gasteiger partial charge is 0.253 e. The van der Waals surface area contributed by atoms with E-state index in [1.54, 1.807) is 21.3 Å². The lowest BCUT2D eigenvalue weighted by Gasteiger charge is -2.38. The van der Waals surface area contributed by atoms with Crippen molar-refractivity contribution in [2.24, 2.45) is 5.92 Å². The Kier molecular flexibility index (Phi) is 6.40. The van der Waals surface area contributed by atoms with Gasteiger partial charge >= 0.3 is 0 Å². The van der Waals surface area contributed by atoms with E-state index in [9.17, 15) is 4.79 Å². The molecule has 2 aliphatic carbocycles. The molecule has 2 aromatic rings. The van der Waals surface area contributed by atoms with Crippen LogP contribution in [-0.4, -0.2) is 33.3 Å². The summed E-state index contributed by atoms with van der Waals surface area (Å²) in [7, 11) is 4.89. The van der Waals surface area contributed by atoms with Gasteiger partial charge in [0.1, 0.15) is 0 Å². The molecule has 0 aromatic heterocycles. The van der Waals surface area contributed by atoms with Crippen LogP contribution in [0.15, 0.2) is 42.5 Å². The molecule has 6 heteroatoms. The summed E-state index contributed by atoms with van der Waals surface area (Å²) < 4.78 is 16.8. The first-order valence-electron chi connectivity index (χ1n) is 12.3. The summed E-state index contributed by atoms with van der Waals surface area (Å²) in [6.07, 6.45) is 11.3. The van der Waals surface area contributed by atoms with Crippen molar-refractivity contribution in [3.63, 3.8) is 0 Å². The molecule has 3 unspecified atom stereocenters. The summed E-state index contributed by atoms with van der Waals surface area (Å²) in [5.41, 5.74) is 3.90. The molecule has 6 nitrogen and oxygen atoms in total. The molecule has 0 saturated heterocycles. The Balaban J connectivity index is 1.52. The molecule has 1 amide bonds. The van der Waals surface area contributed by atoms with Gasteiger partial charge in [-0.05, 0) is 54.5 Å². The van der Waals surface area contributed by atoms with Gasteiger partial charge in [-0.2, -0.15) is 0 Å². The molecule has 0 spiro atoms. The largest absolute Gasteiger partial charge is 0.493 e. The van der Waals surface area contributed by atoms with E-state index in [1.807, 2.05) is 24.3 Å². The van der Waals surface area contributed by atoms with E-state index in [0.717, 1.165) is 36.1 Å². The first-order valence-corrected chi connectivity index (χ1v) is 12.3. The van der Waals surface area contributed by atoms with Crippen molar-refractivity contribution in [3.8, 4) is 17.2 Å². The summed E-state index contributed by atoms with van der Waals surface area (Å²) in [5.74, 6) is 2.46. The molecule has 3 atom stereocenters. The minimum absolute atomic E-state index is 0.00448. The maximum absolute atomic E-state index is 13.4. The molecular weight excluding hydrogens is 428 g/mol. The fourth-order valence-electron chi connectivity index (χ4n) is 5.93. The topological polar surface area (TPSA) is 68.8 Å². The first-order chi connectivity index (χ1) is 16.6. The lowest BCUT2D eigenvalue weighted by atomic mass is 9.76. The Morgan fingerprint density at radius 2 is 1.74 bits per heavy atom. The molecule has 1 saturated carbocycles. The molecule has 2 N–H and O–H groups in total. The van der Waals surface area contributed by atoms with Crippen LogP contribution in [-0.2, 0) is 0 Å². The number of hydrogen-bond acceptors (Lipinski definition) is 5. The molecule has 5 rings (SSSR count). The quantitative estimate of drug-likeness (QED) is 0.547. The maximum atomic E-state index is 13.4. The summed E-state index contributed by atoms with van der Waals surface area (Å²) in [5, 5.41) is 7.06. The monoisotopic (exact) mass is 462 g/mol. The predicted octanol–water partition coefficient (Wildman–Crippen LogP) is 5.60. The van der Waals surface area contributed by atoms with Gasteiger partial charge in [0.15, 0.2) is 11.5 Å². The van der Waals surface area contributed by atoms with E-state index in [2.05, 4.69) is 28.9 Å². The lowest BCUT2D eigenvalue weighted by molar-refractivity contribution is 0.0928. The van der Waals surface area contributed by atoms with E-state index in [-0.39, 0.29) is 23.9 Å². The number of methoxy groups -OCH3 is 3. The summed E-state index contributed by atoms with van der Waals surface area (Å²) in [6.45, 7) is 0. The van der Waals surface area contributed by atoms with E-state index < -0.39 is 0 Å². The van der Waals surface area contributed by atoms with Gasteiger partial charge in [-0.15, -0.1) is 0 Å². The van der Waals surface area contributed by atoms with Crippen LogP contribution in [0.25, 0.3) is 0 Å². The number of para-hydroxylation sites is 1. The van der Waals surface area contributed by atoms with Crippen molar-refractivity contribution < 1.29 is 19.0 Å². The van der Waals surface area contributed by atoms with Crippen LogP contribution in [0.1, 0.15) is 72.0 Å². The van der Waals surface area contributed by atoms with Crippen LogP contribution in [0, 0.1) is 5.92 Å². The highest BCUT2D eigenvalue weighted by molar-refractivity contribution is 6.01. The van der Waals surface area contributed by atoms with Crippen LogP contribution < -0.4 is 24.8 Å². The zero-order valence-electron chi connectivity index (χ0n) is 20.2. The lowest BCUT2D eigenvalue weighted by Crippen LogP contribution is -2.37. The second kappa shape index (κ2) is 9.61. The Bertz CT molecular complexity index is 1060. The SMILES string of the molecule is COc1cc(C2Nc3c(C(=O)NC4CCCCC4)cccc3C3C=CCC32)cc(OC)c1OC. The van der Waals surface area contributed by atoms with Crippen LogP contribution in [0.2, 0.25) is 0 Å². The number of carbonyl (C=O) groups is 1. The Morgan fingerprint density at radius 1 is 1.00 bits per heavy atom. The van der Waals surface area contributed by atoms with Gasteiger partial charge < -0.3 is 24.8 Å². The minimum Gasteiger partial charge on any atom is -0.493 e. The van der Waals surface area contributed by atoms with E-state index in [1.165, 1.54) is 24.8 Å². The highest BCUT2D eigenvalue weighted by Crippen LogP contribution is 2.52. The Hall–Kier alpha value is -3.15. The van der Waals surface area contributed by atoms with Crippen LogP contribution in [0.4, 0.5) is 5.69 Å². The fourth-order valence-corrected chi connectivity index (χ4v) is 5.93. The Morgan fingerprint density at radius 3 is 2.41 bits per heavy atom. The van der Waals surface area contributed by atoms with Gasteiger partial charge in [-0.3, -0.25) is 4.79 Å². The Labute approximate surface area is 201 Å². The van der Waals surface area contributed by atoms with Gasteiger partial charge in [0, 0.05) is 12.0 Å². The van der Waals surface area contributed by atoms with Gasteiger partial charge in [0.25, 0.3) is 5.91 Å². The molecule has 3 aliphatic rings. The minimum atomic E-state index is 0.00448. The number of rotatable bonds is 6. The number of fused-ring (bicyclic) bond motifs is 3. The molecule has 1 heterocycles. The molecule has 0 radical (unpaired) electrons. The summed E-state index contributed by atoms with van der Waals surface area (Å²) in [6, 6.07) is 10.4. The maximum Gasteiger partial charge on any atom is 0.253 e. The van der Waals surface area contributed by atoms with Crippen molar-refractivity contribution in [2.45, 2.75) is 56.5 Å². The number of benzene rings is 2. The molecule has 0 bridgehead atoms. The van der Waals surface area contributed by atoms with Crippen LogP contribution in [0.3, 0.4) is 0 Å². The second-order valence-corrected chi connectivity index (χ2v) is 9.51. The van der Waals surface area contributed by atoms with Crippen molar-refractivity contribution >= 4 is 11.6 Å². The van der Waals surface area contributed by atoms with Crippen molar-refractivity contribution in [2.75, 3.05) is 26.6 Å². The summed E-state index contributed by atoms with van der Waals surface area (Å²) in [4.78, 5) is 13.4. The predicted molar refractivity (Wildman–Crippen MR) is 133 cm³/mol. The van der Waals surface area contributed by atoms with Crippen LogP contribution in [0.5, 0.6) is 17.2 Å². The normalized spacial score (nSPS) is 23.4. The highest BCUT2D eigenvalue weighted by Gasteiger charge is 2.40. The van der Waals surface area contributed by atoms with Crippen LogP contribution >= 0.6 is 0 Å². The third-order valence-corrected chi connectivity index (χ3v) is 7.63. The fraction of sp³-hybridized carbons (Fsp3) is 0.464. The molecule has 2 aromatic carbocycles. The van der Waals surface area contributed by atoms with Gasteiger partial charge in [-0.1, -0.05) is 43.5 Å². The van der Waals surface area contributed by atoms with Crippen molar-refractivity contribution in [3.05, 3.63) is 59.2 Å². The number of ether oxygens (including phenoxy) is 3. The average Bonchev–Trinajstić information content (AvgIpc) is 3.38. The zero-order valence-corrected chi connectivity index (χ0v) is 20.2. The van der Waals surface area contributed by atoms with Gasteiger partial charge in [-0.25, -0.2) is 0 Å². The van der Waals surface area contributed by atoms with E-state index in [0.29, 0.717) is 23.2 Å². The number of allylic oxidation sites excluding steroid dienone is 2. The molecule has 180 valence electrons. The number of nitrogens with one attached hydrogen (secondary N) is 2. The number of hydrogen-bond donors (Lipinski definition) is 2. The number of carbonyl (C=O) groups excluding carboxylic acids is 1. The molecule has 34 heavy (non-hydrogen) atoms. The highest BCUT2D eigenvalue weighted by atomic mass is 16.5. The molecule has 1 aliphatic heterocycles. The zero-order chi connectivity index (χ0) is 23.7. The summed E-state index contributed by atoms with van der Waals surface area (Å²) >= 11 is 0. The number of anilines is 1. The standard InChI is InChI=1S/C28H34N2O4/c1-32-23-15-17(16-24(33-2)27(23)34-3)25-20-12-7-11-19(20)21-13-8-14-22(26(21)30-25)28(31)29-18-9-5-4-6-10-18/h7-8,11,13-16,18-20,25,30H,4-6,9-10,12H2,1-3H3,(H,29,31). The average molecular weight is 463 g/mol. The molecular formula is C28H34N2O4. The van der Waals surface area contributed by atoms with Gasteiger partial charge in [0.2, 0.25) is 5.75 Å². The second-order valence-electron chi connectivity index (χ2n) is 9.51.